The zero-order valence-electron chi connectivity index (χ0n) is 9.49. The van der Waals surface area contributed by atoms with E-state index in [0.29, 0.717) is 12.6 Å². The van der Waals surface area contributed by atoms with E-state index in [-0.39, 0.29) is 0 Å². The normalized spacial score (nSPS) is 16.5. The lowest BCUT2D eigenvalue weighted by Gasteiger charge is -2.37. The molecule has 1 fully saturated rings. The Balaban J connectivity index is 2.15. The maximum atomic E-state index is 5.66. The molecule has 0 spiro atoms. The number of thiazole rings is 1. The fourth-order valence-electron chi connectivity index (χ4n) is 1.85. The summed E-state index contributed by atoms with van der Waals surface area (Å²) in [6, 6.07) is 0.693. The highest BCUT2D eigenvalue weighted by Gasteiger charge is 2.26. The van der Waals surface area contributed by atoms with Crippen LogP contribution in [-0.2, 0) is 0 Å². The number of hydrogen-bond acceptors (Lipinski definition) is 4. The molecule has 84 valence electrons. The molecule has 1 aliphatic rings. The van der Waals surface area contributed by atoms with Crippen molar-refractivity contribution in [2.24, 2.45) is 5.73 Å². The lowest BCUT2D eigenvalue weighted by molar-refractivity contribution is 0.387. The standard InChI is InChI=1S/C11H19N3S/c1-8-9(2)15-11(13-8)14(7-6-12)10-4-3-5-10/h10H,3-7,12H2,1-2H3. The zero-order chi connectivity index (χ0) is 10.8. The second-order valence-electron chi connectivity index (χ2n) is 4.20. The summed E-state index contributed by atoms with van der Waals surface area (Å²) in [5, 5.41) is 1.17. The van der Waals surface area contributed by atoms with E-state index in [1.54, 1.807) is 11.3 Å². The molecule has 1 heterocycles. The molecular formula is C11H19N3S. The molecule has 0 radical (unpaired) electrons. The van der Waals surface area contributed by atoms with Crippen LogP contribution >= 0.6 is 11.3 Å². The molecule has 0 aliphatic heterocycles. The third kappa shape index (κ3) is 2.16. The van der Waals surface area contributed by atoms with Crippen molar-refractivity contribution in [3.8, 4) is 0 Å². The number of hydrogen-bond donors (Lipinski definition) is 1. The highest BCUT2D eigenvalue weighted by atomic mass is 32.1. The minimum absolute atomic E-state index is 0.693. The number of aromatic nitrogens is 1. The molecule has 0 bridgehead atoms. The van der Waals surface area contributed by atoms with E-state index < -0.39 is 0 Å². The van der Waals surface area contributed by atoms with Crippen molar-refractivity contribution in [2.45, 2.75) is 39.2 Å². The van der Waals surface area contributed by atoms with Gasteiger partial charge < -0.3 is 10.6 Å². The summed E-state index contributed by atoms with van der Waals surface area (Å²) in [5.41, 5.74) is 6.83. The van der Waals surface area contributed by atoms with Crippen LogP contribution in [0.2, 0.25) is 0 Å². The van der Waals surface area contributed by atoms with E-state index in [0.717, 1.165) is 12.2 Å². The summed E-state index contributed by atoms with van der Waals surface area (Å²) in [6.07, 6.45) is 3.96. The Bertz CT molecular complexity index is 311. The van der Waals surface area contributed by atoms with Gasteiger partial charge in [-0.1, -0.05) is 0 Å². The second-order valence-corrected chi connectivity index (χ2v) is 5.39. The third-order valence-electron chi connectivity index (χ3n) is 3.15. The Morgan fingerprint density at radius 1 is 1.47 bits per heavy atom. The van der Waals surface area contributed by atoms with Crippen molar-refractivity contribution in [3.05, 3.63) is 10.6 Å². The van der Waals surface area contributed by atoms with Gasteiger partial charge in [-0.15, -0.1) is 11.3 Å². The molecule has 0 aromatic carbocycles. The fourth-order valence-corrected chi connectivity index (χ4v) is 2.86. The lowest BCUT2D eigenvalue weighted by atomic mass is 9.92. The molecule has 1 aromatic heterocycles. The van der Waals surface area contributed by atoms with Gasteiger partial charge in [0, 0.05) is 24.0 Å². The van der Waals surface area contributed by atoms with Crippen LogP contribution in [-0.4, -0.2) is 24.1 Å². The van der Waals surface area contributed by atoms with Crippen molar-refractivity contribution >= 4 is 16.5 Å². The number of nitrogens with zero attached hydrogens (tertiary/aromatic N) is 2. The van der Waals surface area contributed by atoms with Crippen molar-refractivity contribution in [2.75, 3.05) is 18.0 Å². The maximum Gasteiger partial charge on any atom is 0.186 e. The van der Waals surface area contributed by atoms with Crippen LogP contribution in [0.15, 0.2) is 0 Å². The van der Waals surface area contributed by atoms with Crippen LogP contribution in [0.3, 0.4) is 0 Å². The Kier molecular flexibility index (Phi) is 3.26. The Morgan fingerprint density at radius 3 is 2.60 bits per heavy atom. The molecule has 3 nitrogen and oxygen atoms in total. The maximum absolute atomic E-state index is 5.66. The molecule has 2 rings (SSSR count). The Morgan fingerprint density at radius 2 is 2.20 bits per heavy atom. The molecule has 15 heavy (non-hydrogen) atoms. The number of anilines is 1. The topological polar surface area (TPSA) is 42.2 Å². The summed E-state index contributed by atoms with van der Waals surface area (Å²) in [7, 11) is 0. The first-order chi connectivity index (χ1) is 7.22. The van der Waals surface area contributed by atoms with Crippen LogP contribution in [0.1, 0.15) is 29.8 Å². The highest BCUT2D eigenvalue weighted by molar-refractivity contribution is 7.15. The van der Waals surface area contributed by atoms with E-state index in [1.807, 2.05) is 0 Å². The van der Waals surface area contributed by atoms with Crippen LogP contribution in [0.5, 0.6) is 0 Å². The van der Waals surface area contributed by atoms with Gasteiger partial charge in [0.15, 0.2) is 5.13 Å². The minimum atomic E-state index is 0.693. The number of nitrogens with two attached hydrogens (primary N) is 1. The van der Waals surface area contributed by atoms with E-state index in [4.69, 9.17) is 5.73 Å². The molecule has 0 unspecified atom stereocenters. The van der Waals surface area contributed by atoms with Crippen LogP contribution < -0.4 is 10.6 Å². The first-order valence-electron chi connectivity index (χ1n) is 5.63. The summed E-state index contributed by atoms with van der Waals surface area (Å²) < 4.78 is 0. The SMILES string of the molecule is Cc1nc(N(CCN)C2CCC2)sc1C. The van der Waals surface area contributed by atoms with Crippen LogP contribution in [0, 0.1) is 13.8 Å². The van der Waals surface area contributed by atoms with Gasteiger partial charge in [0.2, 0.25) is 0 Å². The summed E-state index contributed by atoms with van der Waals surface area (Å²) >= 11 is 1.80. The highest BCUT2D eigenvalue weighted by Crippen LogP contribution is 2.32. The Hall–Kier alpha value is -0.610. The van der Waals surface area contributed by atoms with E-state index in [2.05, 4.69) is 23.7 Å². The average Bonchev–Trinajstić information content (AvgIpc) is 2.43. The molecule has 0 amide bonds. The molecule has 0 saturated heterocycles. The smallest absolute Gasteiger partial charge is 0.186 e. The molecule has 0 atom stereocenters. The molecule has 1 aliphatic carbocycles. The van der Waals surface area contributed by atoms with Gasteiger partial charge >= 0.3 is 0 Å². The predicted octanol–water partition coefficient (Wildman–Crippen LogP) is 2.08. The quantitative estimate of drug-likeness (QED) is 0.853. The summed E-state index contributed by atoms with van der Waals surface area (Å²) in [6.45, 7) is 5.87. The van der Waals surface area contributed by atoms with Crippen LogP contribution in [0.4, 0.5) is 5.13 Å². The van der Waals surface area contributed by atoms with Crippen molar-refractivity contribution in [1.29, 1.82) is 0 Å². The van der Waals surface area contributed by atoms with Crippen molar-refractivity contribution < 1.29 is 0 Å². The number of rotatable bonds is 4. The van der Waals surface area contributed by atoms with E-state index in [1.165, 1.54) is 29.3 Å². The van der Waals surface area contributed by atoms with Gasteiger partial charge in [-0.3, -0.25) is 0 Å². The summed E-state index contributed by atoms with van der Waals surface area (Å²) in [4.78, 5) is 8.34. The largest absolute Gasteiger partial charge is 0.344 e. The molecule has 1 aromatic rings. The van der Waals surface area contributed by atoms with Gasteiger partial charge in [0.1, 0.15) is 0 Å². The van der Waals surface area contributed by atoms with Gasteiger partial charge in [0.25, 0.3) is 0 Å². The lowest BCUT2D eigenvalue weighted by Crippen LogP contribution is -2.43. The molecule has 4 heteroatoms. The zero-order valence-corrected chi connectivity index (χ0v) is 10.3. The van der Waals surface area contributed by atoms with Gasteiger partial charge in [0.05, 0.1) is 5.69 Å². The number of aryl methyl sites for hydroxylation is 2. The molecule has 2 N–H and O–H groups in total. The van der Waals surface area contributed by atoms with E-state index >= 15 is 0 Å². The first-order valence-corrected chi connectivity index (χ1v) is 6.44. The van der Waals surface area contributed by atoms with E-state index in [9.17, 15) is 0 Å². The minimum Gasteiger partial charge on any atom is -0.344 e. The third-order valence-corrected chi connectivity index (χ3v) is 4.26. The monoisotopic (exact) mass is 225 g/mol. The van der Waals surface area contributed by atoms with Gasteiger partial charge in [-0.05, 0) is 33.1 Å². The Labute approximate surface area is 95.3 Å². The molecule has 1 saturated carbocycles. The first kappa shape index (κ1) is 10.9. The predicted molar refractivity (Wildman–Crippen MR) is 65.6 cm³/mol. The average molecular weight is 225 g/mol. The summed E-state index contributed by atoms with van der Waals surface area (Å²) in [5.74, 6) is 0. The fraction of sp³-hybridized carbons (Fsp3) is 0.727. The van der Waals surface area contributed by atoms with Gasteiger partial charge in [-0.25, -0.2) is 4.98 Å². The van der Waals surface area contributed by atoms with Crippen molar-refractivity contribution in [1.82, 2.24) is 4.98 Å². The van der Waals surface area contributed by atoms with Gasteiger partial charge in [-0.2, -0.15) is 0 Å². The van der Waals surface area contributed by atoms with Crippen LogP contribution in [0.25, 0.3) is 0 Å². The second kappa shape index (κ2) is 4.49. The van der Waals surface area contributed by atoms with Crippen molar-refractivity contribution in [3.63, 3.8) is 0 Å². The molecular weight excluding hydrogens is 206 g/mol.